The van der Waals surface area contributed by atoms with Gasteiger partial charge in [0.2, 0.25) is 7.85 Å². The largest absolute Gasteiger partial charge is 0.481 e. The molecule has 8 heteroatoms. The quantitative estimate of drug-likeness (QED) is 0.385. The van der Waals surface area contributed by atoms with Gasteiger partial charge in [-0.3, -0.25) is 14.4 Å². The number of carbonyl (C=O) groups is 3. The highest BCUT2D eigenvalue weighted by Crippen LogP contribution is 2.03. The van der Waals surface area contributed by atoms with E-state index in [4.69, 9.17) is 18.1 Å². The Bertz CT molecular complexity index is 295. The normalized spacial score (nSPS) is 13.5. The summed E-state index contributed by atoms with van der Waals surface area (Å²) in [5, 5.41) is 19.5. The monoisotopic (exact) mass is 243 g/mol. The molecule has 0 aromatic heterocycles. The highest BCUT2D eigenvalue weighted by atomic mass is 16.5. The number of hydrogen-bond donors (Lipinski definition) is 3. The van der Waals surface area contributed by atoms with Crippen LogP contribution in [0.1, 0.15) is 13.3 Å². The maximum atomic E-state index is 11.2. The van der Waals surface area contributed by atoms with Crippen LogP contribution in [-0.2, 0) is 14.3 Å². The molecule has 0 aliphatic heterocycles. The topological polar surface area (TPSA) is 113 Å². The molecule has 0 aliphatic carbocycles. The van der Waals surface area contributed by atoms with Crippen molar-refractivity contribution in [1.29, 1.82) is 0 Å². The van der Waals surface area contributed by atoms with Crippen molar-refractivity contribution in [1.82, 2.24) is 5.32 Å². The number of hydrogen-bond acceptors (Lipinski definition) is 5. The molecule has 0 aromatic rings. The van der Waals surface area contributed by atoms with Crippen LogP contribution < -0.4 is 5.32 Å². The van der Waals surface area contributed by atoms with E-state index in [2.05, 4.69) is 10.1 Å². The van der Waals surface area contributed by atoms with Gasteiger partial charge in [-0.2, -0.15) is 0 Å². The molecular weight excluding hydrogens is 229 g/mol. The van der Waals surface area contributed by atoms with Crippen molar-refractivity contribution in [3.05, 3.63) is 0 Å². The van der Waals surface area contributed by atoms with E-state index in [1.807, 2.05) is 0 Å². The number of rotatable bonds is 7. The third-order valence-corrected chi connectivity index (χ3v) is 1.91. The number of ether oxygens (including phenoxy) is 1. The number of nitrogens with one attached hydrogen (secondary N) is 1. The van der Waals surface area contributed by atoms with Crippen molar-refractivity contribution in [2.24, 2.45) is 5.92 Å². The van der Waals surface area contributed by atoms with Gasteiger partial charge in [0, 0.05) is 0 Å². The van der Waals surface area contributed by atoms with Gasteiger partial charge >= 0.3 is 11.9 Å². The number of aliphatic hydroxyl groups excluding tert-OH is 1. The minimum atomic E-state index is -1.10. The Labute approximate surface area is 99.5 Å². The number of aliphatic hydroxyl groups is 1. The zero-order valence-electron chi connectivity index (χ0n) is 9.38. The lowest BCUT2D eigenvalue weighted by Gasteiger charge is -2.15. The molecule has 3 N–H and O–H groups in total. The summed E-state index contributed by atoms with van der Waals surface area (Å²) in [4.78, 5) is 32.1. The third kappa shape index (κ3) is 7.34. The Morgan fingerprint density at radius 3 is 2.41 bits per heavy atom. The molecule has 17 heavy (non-hydrogen) atoms. The minimum Gasteiger partial charge on any atom is -0.481 e. The highest BCUT2D eigenvalue weighted by Gasteiger charge is 2.18. The first-order valence-electron chi connectivity index (χ1n) is 4.92. The van der Waals surface area contributed by atoms with E-state index in [1.54, 1.807) is 0 Å². The van der Waals surface area contributed by atoms with E-state index in [9.17, 15) is 14.4 Å². The number of aliphatic carboxylic acids is 1. The van der Waals surface area contributed by atoms with Gasteiger partial charge in [-0.05, 0) is 0 Å². The van der Waals surface area contributed by atoms with Crippen LogP contribution in [0.15, 0.2) is 0 Å². The first-order valence-corrected chi connectivity index (χ1v) is 4.92. The van der Waals surface area contributed by atoms with Crippen molar-refractivity contribution in [2.75, 3.05) is 13.2 Å². The molecule has 0 spiro atoms. The van der Waals surface area contributed by atoms with Gasteiger partial charge in [0.15, 0.2) is 5.81 Å². The molecule has 2 atom stereocenters. The first-order chi connectivity index (χ1) is 7.86. The van der Waals surface area contributed by atoms with Crippen molar-refractivity contribution >= 4 is 25.6 Å². The second-order valence-corrected chi connectivity index (χ2v) is 3.51. The third-order valence-electron chi connectivity index (χ3n) is 1.91. The second kappa shape index (κ2) is 7.67. The molecular formula is C9H14BNO6. The summed E-state index contributed by atoms with van der Waals surface area (Å²) in [6.45, 7) is 0.671. The van der Waals surface area contributed by atoms with Crippen LogP contribution in [0.3, 0.4) is 0 Å². The fraction of sp³-hybridized carbons (Fsp3) is 0.667. The number of carboxylic acid groups (broad SMARTS) is 1. The van der Waals surface area contributed by atoms with Gasteiger partial charge in [-0.15, -0.1) is 0 Å². The minimum absolute atomic E-state index is 0.259. The van der Waals surface area contributed by atoms with Crippen LogP contribution in [0.2, 0.25) is 0 Å². The Hall–Kier alpha value is -1.57. The molecule has 0 aliphatic rings. The Morgan fingerprint density at radius 1 is 1.41 bits per heavy atom. The van der Waals surface area contributed by atoms with Crippen LogP contribution >= 0.6 is 0 Å². The number of esters is 1. The van der Waals surface area contributed by atoms with Crippen LogP contribution in [0.25, 0.3) is 0 Å². The second-order valence-electron chi connectivity index (χ2n) is 3.51. The number of carboxylic acids is 1. The van der Waals surface area contributed by atoms with Crippen LogP contribution in [0.4, 0.5) is 4.79 Å². The molecule has 0 saturated heterocycles. The molecule has 2 unspecified atom stereocenters. The van der Waals surface area contributed by atoms with Crippen LogP contribution in [0.5, 0.6) is 0 Å². The molecule has 7 nitrogen and oxygen atoms in total. The maximum absolute atomic E-state index is 11.2. The predicted octanol–water partition coefficient (Wildman–Crippen LogP) is -1.12. The molecule has 0 aromatic carbocycles. The van der Waals surface area contributed by atoms with E-state index < -0.39 is 36.3 Å². The van der Waals surface area contributed by atoms with Crippen molar-refractivity contribution in [3.8, 4) is 0 Å². The summed E-state index contributed by atoms with van der Waals surface area (Å²) in [6, 6.07) is -0.795. The summed E-state index contributed by atoms with van der Waals surface area (Å²) < 4.78 is 4.68. The Morgan fingerprint density at radius 2 is 2.00 bits per heavy atom. The lowest BCUT2D eigenvalue weighted by atomic mass is 10.1. The molecule has 2 radical (unpaired) electrons. The number of amides is 1. The molecule has 0 fully saturated rings. The van der Waals surface area contributed by atoms with E-state index >= 15 is 0 Å². The molecule has 94 valence electrons. The van der Waals surface area contributed by atoms with Gasteiger partial charge < -0.3 is 20.3 Å². The lowest BCUT2D eigenvalue weighted by molar-refractivity contribution is -0.151. The molecule has 1 amide bonds. The average molecular weight is 243 g/mol. The van der Waals surface area contributed by atoms with E-state index in [1.165, 1.54) is 6.92 Å². The fourth-order valence-corrected chi connectivity index (χ4v) is 0.931. The van der Waals surface area contributed by atoms with Gasteiger partial charge in [-0.25, -0.2) is 0 Å². The summed E-state index contributed by atoms with van der Waals surface area (Å²) >= 11 is 0. The lowest BCUT2D eigenvalue weighted by Crippen LogP contribution is -2.40. The van der Waals surface area contributed by atoms with Crippen molar-refractivity contribution < 1.29 is 29.3 Å². The highest BCUT2D eigenvalue weighted by molar-refractivity contribution is 6.57. The molecule has 0 heterocycles. The Kier molecular flexibility index (Phi) is 6.96. The van der Waals surface area contributed by atoms with Crippen molar-refractivity contribution in [2.45, 2.75) is 19.4 Å². The van der Waals surface area contributed by atoms with E-state index in [0.717, 1.165) is 0 Å². The van der Waals surface area contributed by atoms with Crippen LogP contribution in [-0.4, -0.2) is 55.1 Å². The molecule has 0 rings (SSSR count). The summed E-state index contributed by atoms with van der Waals surface area (Å²) in [7, 11) is 4.82. The first kappa shape index (κ1) is 15.4. The smallest absolute Gasteiger partial charge is 0.306 e. The van der Waals surface area contributed by atoms with Gasteiger partial charge in [0.05, 0.1) is 25.0 Å². The van der Waals surface area contributed by atoms with E-state index in [-0.39, 0.29) is 13.0 Å². The summed E-state index contributed by atoms with van der Waals surface area (Å²) in [6.07, 6.45) is -0.274. The zero-order valence-corrected chi connectivity index (χ0v) is 9.38. The number of carbonyl (C=O) groups excluding carboxylic acids is 2. The van der Waals surface area contributed by atoms with Crippen LogP contribution in [0, 0.1) is 5.92 Å². The van der Waals surface area contributed by atoms with Gasteiger partial charge in [0.25, 0.3) is 0 Å². The zero-order chi connectivity index (χ0) is 13.4. The van der Waals surface area contributed by atoms with Gasteiger partial charge in [-0.1, -0.05) is 6.92 Å². The van der Waals surface area contributed by atoms with E-state index in [0.29, 0.717) is 0 Å². The fourth-order valence-electron chi connectivity index (χ4n) is 0.931. The average Bonchev–Trinajstić information content (AvgIpc) is 2.23. The standard InChI is InChI=1S/C9H14BNO6/c1-5(8(14)15)2-7(13)17-4-6(3-12)11-9(10)16/h5-6,12H,2-4H2,1H3,(H,11,16)(H,14,15). The molecule has 0 saturated carbocycles. The SMILES string of the molecule is [B]C(=O)NC(CO)COC(=O)CC(C)C(=O)O. The Balaban J connectivity index is 3.96. The summed E-state index contributed by atoms with van der Waals surface area (Å²) in [5.74, 6) is -3.52. The molecule has 0 bridgehead atoms. The predicted molar refractivity (Wildman–Crippen MR) is 57.5 cm³/mol. The summed E-state index contributed by atoms with van der Waals surface area (Å²) in [5.41, 5.74) is 0. The maximum Gasteiger partial charge on any atom is 0.306 e. The van der Waals surface area contributed by atoms with Crippen molar-refractivity contribution in [3.63, 3.8) is 0 Å². The van der Waals surface area contributed by atoms with Gasteiger partial charge in [0.1, 0.15) is 6.61 Å².